The Morgan fingerprint density at radius 1 is 1.35 bits per heavy atom. The molecule has 1 fully saturated rings. The number of carboxylic acid groups (broad SMARTS) is 1. The number of hydrogen-bond acceptors (Lipinski definition) is 2. The largest absolute Gasteiger partial charge is 0.478 e. The molecule has 1 aromatic rings. The van der Waals surface area contributed by atoms with E-state index in [2.05, 4.69) is 18.0 Å². The van der Waals surface area contributed by atoms with Crippen LogP contribution in [-0.2, 0) is 0 Å². The standard InChI is InChI=1S/C14H19NO2/c1-10-12(4-3-5-13(10)14(16)17)11-6-8-15(2)9-7-11/h3-5,11H,6-9H2,1-2H3,(H,16,17). The van der Waals surface area contributed by atoms with Crippen molar-refractivity contribution in [1.29, 1.82) is 0 Å². The van der Waals surface area contributed by atoms with E-state index in [0.717, 1.165) is 31.5 Å². The van der Waals surface area contributed by atoms with Gasteiger partial charge in [0.2, 0.25) is 0 Å². The van der Waals surface area contributed by atoms with Gasteiger partial charge in [-0.3, -0.25) is 0 Å². The molecule has 3 nitrogen and oxygen atoms in total. The predicted molar refractivity (Wildman–Crippen MR) is 67.6 cm³/mol. The Balaban J connectivity index is 2.27. The van der Waals surface area contributed by atoms with Crippen LogP contribution in [0, 0.1) is 6.92 Å². The van der Waals surface area contributed by atoms with Crippen molar-refractivity contribution in [2.45, 2.75) is 25.7 Å². The van der Waals surface area contributed by atoms with Gasteiger partial charge in [0.25, 0.3) is 0 Å². The predicted octanol–water partition coefficient (Wildman–Crippen LogP) is 2.50. The van der Waals surface area contributed by atoms with E-state index in [1.807, 2.05) is 13.0 Å². The topological polar surface area (TPSA) is 40.5 Å². The molecule has 0 spiro atoms. The van der Waals surface area contributed by atoms with E-state index in [0.29, 0.717) is 11.5 Å². The van der Waals surface area contributed by atoms with Crippen LogP contribution in [0.1, 0.15) is 40.2 Å². The number of hydrogen-bond donors (Lipinski definition) is 1. The summed E-state index contributed by atoms with van der Waals surface area (Å²) in [6.07, 6.45) is 2.25. The number of carbonyl (C=O) groups is 1. The molecule has 1 heterocycles. The van der Waals surface area contributed by atoms with Crippen LogP contribution in [0.15, 0.2) is 18.2 Å². The number of rotatable bonds is 2. The van der Waals surface area contributed by atoms with Gasteiger partial charge in [0.1, 0.15) is 0 Å². The highest BCUT2D eigenvalue weighted by atomic mass is 16.4. The van der Waals surface area contributed by atoms with Crippen LogP contribution in [-0.4, -0.2) is 36.1 Å². The molecule has 1 aliphatic rings. The Bertz CT molecular complexity index is 420. The fourth-order valence-corrected chi connectivity index (χ4v) is 2.65. The first kappa shape index (κ1) is 12.1. The summed E-state index contributed by atoms with van der Waals surface area (Å²) in [5.74, 6) is -0.303. The molecule has 0 aromatic heterocycles. The second-order valence-electron chi connectivity index (χ2n) is 4.90. The summed E-state index contributed by atoms with van der Waals surface area (Å²) in [4.78, 5) is 13.4. The Labute approximate surface area is 102 Å². The summed E-state index contributed by atoms with van der Waals surface area (Å²) in [5, 5.41) is 9.12. The average molecular weight is 233 g/mol. The summed E-state index contributed by atoms with van der Waals surface area (Å²) in [5.41, 5.74) is 2.61. The highest BCUT2D eigenvalue weighted by Gasteiger charge is 2.21. The van der Waals surface area contributed by atoms with Gasteiger partial charge in [-0.1, -0.05) is 12.1 Å². The molecule has 0 amide bonds. The van der Waals surface area contributed by atoms with Crippen molar-refractivity contribution in [2.24, 2.45) is 0 Å². The van der Waals surface area contributed by atoms with Crippen molar-refractivity contribution in [3.63, 3.8) is 0 Å². The zero-order valence-electron chi connectivity index (χ0n) is 10.4. The fraction of sp³-hybridized carbons (Fsp3) is 0.500. The second-order valence-corrected chi connectivity index (χ2v) is 4.90. The fourth-order valence-electron chi connectivity index (χ4n) is 2.65. The molecular weight excluding hydrogens is 214 g/mol. The first-order valence-corrected chi connectivity index (χ1v) is 6.11. The molecule has 1 aliphatic heterocycles. The Morgan fingerprint density at radius 3 is 2.59 bits per heavy atom. The molecule has 92 valence electrons. The Hall–Kier alpha value is -1.35. The second kappa shape index (κ2) is 4.88. The molecule has 1 saturated heterocycles. The van der Waals surface area contributed by atoms with Gasteiger partial charge in [-0.2, -0.15) is 0 Å². The zero-order chi connectivity index (χ0) is 12.4. The monoisotopic (exact) mass is 233 g/mol. The Kier molecular flexibility index (Phi) is 3.48. The lowest BCUT2D eigenvalue weighted by atomic mass is 9.85. The van der Waals surface area contributed by atoms with Crippen molar-refractivity contribution in [1.82, 2.24) is 4.90 Å². The number of aromatic carboxylic acids is 1. The molecule has 1 N–H and O–H groups in total. The van der Waals surface area contributed by atoms with Gasteiger partial charge in [-0.05, 0) is 63.0 Å². The number of benzene rings is 1. The van der Waals surface area contributed by atoms with Gasteiger partial charge in [0.15, 0.2) is 0 Å². The van der Waals surface area contributed by atoms with Crippen LogP contribution in [0.5, 0.6) is 0 Å². The van der Waals surface area contributed by atoms with Crippen molar-refractivity contribution in [3.8, 4) is 0 Å². The Morgan fingerprint density at radius 2 is 2.00 bits per heavy atom. The van der Waals surface area contributed by atoms with Crippen molar-refractivity contribution < 1.29 is 9.90 Å². The number of nitrogens with zero attached hydrogens (tertiary/aromatic N) is 1. The average Bonchev–Trinajstić information content (AvgIpc) is 2.30. The van der Waals surface area contributed by atoms with Gasteiger partial charge in [-0.25, -0.2) is 4.79 Å². The van der Waals surface area contributed by atoms with E-state index in [1.165, 1.54) is 5.56 Å². The van der Waals surface area contributed by atoms with Crippen LogP contribution in [0.2, 0.25) is 0 Å². The molecule has 0 unspecified atom stereocenters. The van der Waals surface area contributed by atoms with E-state index in [9.17, 15) is 4.79 Å². The molecule has 0 radical (unpaired) electrons. The lowest BCUT2D eigenvalue weighted by molar-refractivity contribution is 0.0696. The van der Waals surface area contributed by atoms with E-state index >= 15 is 0 Å². The van der Waals surface area contributed by atoms with Crippen LogP contribution < -0.4 is 0 Å². The van der Waals surface area contributed by atoms with Crippen molar-refractivity contribution in [3.05, 3.63) is 34.9 Å². The van der Waals surface area contributed by atoms with E-state index in [1.54, 1.807) is 6.07 Å². The third-order valence-corrected chi connectivity index (χ3v) is 3.76. The molecule has 0 bridgehead atoms. The maximum absolute atomic E-state index is 11.1. The molecule has 0 aliphatic carbocycles. The molecule has 17 heavy (non-hydrogen) atoms. The van der Waals surface area contributed by atoms with Gasteiger partial charge >= 0.3 is 5.97 Å². The maximum atomic E-state index is 11.1. The van der Waals surface area contributed by atoms with Crippen LogP contribution >= 0.6 is 0 Å². The van der Waals surface area contributed by atoms with Gasteiger partial charge in [0, 0.05) is 0 Å². The molecule has 2 rings (SSSR count). The molecule has 0 saturated carbocycles. The van der Waals surface area contributed by atoms with Crippen LogP contribution in [0.4, 0.5) is 0 Å². The van der Waals surface area contributed by atoms with Gasteiger partial charge in [0.05, 0.1) is 5.56 Å². The summed E-state index contributed by atoms with van der Waals surface area (Å²) < 4.78 is 0. The minimum atomic E-state index is -0.822. The summed E-state index contributed by atoms with van der Waals surface area (Å²) >= 11 is 0. The number of carboxylic acids is 1. The first-order chi connectivity index (χ1) is 8.09. The van der Waals surface area contributed by atoms with Crippen molar-refractivity contribution in [2.75, 3.05) is 20.1 Å². The maximum Gasteiger partial charge on any atom is 0.335 e. The zero-order valence-corrected chi connectivity index (χ0v) is 10.4. The molecular formula is C14H19NO2. The van der Waals surface area contributed by atoms with E-state index in [-0.39, 0.29) is 0 Å². The van der Waals surface area contributed by atoms with Gasteiger partial charge in [-0.15, -0.1) is 0 Å². The molecule has 3 heteroatoms. The quantitative estimate of drug-likeness (QED) is 0.853. The van der Waals surface area contributed by atoms with Crippen molar-refractivity contribution >= 4 is 5.97 Å². The third kappa shape index (κ3) is 2.50. The minimum absolute atomic E-state index is 0.446. The van der Waals surface area contributed by atoms with Gasteiger partial charge < -0.3 is 10.0 Å². The third-order valence-electron chi connectivity index (χ3n) is 3.76. The van der Waals surface area contributed by atoms with E-state index < -0.39 is 5.97 Å². The normalized spacial score (nSPS) is 18.2. The smallest absolute Gasteiger partial charge is 0.335 e. The summed E-state index contributed by atoms with van der Waals surface area (Å²) in [6, 6.07) is 5.64. The lowest BCUT2D eigenvalue weighted by Crippen LogP contribution is -2.29. The number of likely N-dealkylation sites (tertiary alicyclic amines) is 1. The summed E-state index contributed by atoms with van der Waals surface area (Å²) in [7, 11) is 2.14. The molecule has 0 atom stereocenters. The number of piperidine rings is 1. The highest BCUT2D eigenvalue weighted by Crippen LogP contribution is 2.30. The highest BCUT2D eigenvalue weighted by molar-refractivity contribution is 5.89. The first-order valence-electron chi connectivity index (χ1n) is 6.11. The van der Waals surface area contributed by atoms with Crippen LogP contribution in [0.3, 0.4) is 0 Å². The lowest BCUT2D eigenvalue weighted by Gasteiger charge is -2.30. The SMILES string of the molecule is Cc1c(C(=O)O)cccc1C1CCN(C)CC1. The summed E-state index contributed by atoms with van der Waals surface area (Å²) in [6.45, 7) is 4.12. The minimum Gasteiger partial charge on any atom is -0.478 e. The van der Waals surface area contributed by atoms with E-state index in [4.69, 9.17) is 5.11 Å². The molecule has 1 aromatic carbocycles. The van der Waals surface area contributed by atoms with Crippen LogP contribution in [0.25, 0.3) is 0 Å².